The molecule has 0 aliphatic heterocycles. The molecule has 0 heterocycles. The van der Waals surface area contributed by atoms with Crippen molar-refractivity contribution >= 4 is 25.0 Å². The Hall–Kier alpha value is -1.88. The third-order valence-corrected chi connectivity index (χ3v) is 4.27. The molecule has 0 amide bonds. The van der Waals surface area contributed by atoms with E-state index in [4.69, 9.17) is 5.11 Å². The van der Waals surface area contributed by atoms with Gasteiger partial charge in [0.05, 0.1) is 11.5 Å². The van der Waals surface area contributed by atoms with E-state index in [0.717, 1.165) is 22.1 Å². The number of hydrogen-bond donors (Lipinski definition) is 5. The van der Waals surface area contributed by atoms with E-state index in [-0.39, 0.29) is 12.0 Å². The molecule has 1 atom stereocenters. The van der Waals surface area contributed by atoms with E-state index in [2.05, 4.69) is 5.43 Å². The lowest BCUT2D eigenvalue weighted by atomic mass is 9.76. The van der Waals surface area contributed by atoms with Crippen molar-refractivity contribution in [3.8, 4) is 0 Å². The van der Waals surface area contributed by atoms with Gasteiger partial charge in [0.1, 0.15) is 0 Å². The summed E-state index contributed by atoms with van der Waals surface area (Å²) < 4.78 is 0.734. The highest BCUT2D eigenvalue weighted by molar-refractivity contribution is 7.96. The smallest absolute Gasteiger partial charge is 0.471 e. The zero-order valence-corrected chi connectivity index (χ0v) is 14.1. The molecular formula is C16H19BN2O5S. The molecule has 1 unspecified atom stereocenters. The molecule has 2 aromatic rings. The molecule has 132 valence electrons. The number of hydrazine groups is 1. The highest BCUT2D eigenvalue weighted by atomic mass is 32.2. The zero-order chi connectivity index (χ0) is 18.2. The average molecular weight is 362 g/mol. The predicted octanol–water partition coefficient (Wildman–Crippen LogP) is 1.35. The predicted molar refractivity (Wildman–Crippen MR) is 95.6 cm³/mol. The lowest BCUT2D eigenvalue weighted by molar-refractivity contribution is -0.0391. The topological polar surface area (TPSA) is 113 Å². The summed E-state index contributed by atoms with van der Waals surface area (Å²) in [7, 11) is -1.74. The van der Waals surface area contributed by atoms with Crippen molar-refractivity contribution in [1.29, 1.82) is 0 Å². The minimum absolute atomic E-state index is 0.114. The summed E-state index contributed by atoms with van der Waals surface area (Å²) in [4.78, 5) is 11.0. The maximum atomic E-state index is 11.0. The summed E-state index contributed by atoms with van der Waals surface area (Å²) in [5.41, 5.74) is 4.31. The summed E-state index contributed by atoms with van der Waals surface area (Å²) in [5, 5.41) is 38.0. The molecule has 0 aliphatic rings. The standard InChI is InChI=1S/C16H19BN2O5S/c20-16(21)14-8-4-7-13(9-14)10-15(17(22)23)18-19(24)25-11-12-5-2-1-3-6-12/h1-9,15,18,22-24H,10-11H2,(H,20,21). The fourth-order valence-electron chi connectivity index (χ4n) is 2.19. The number of nitrogens with one attached hydrogen (secondary N) is 1. The summed E-state index contributed by atoms with van der Waals surface area (Å²) >= 11 is 1.06. The van der Waals surface area contributed by atoms with Gasteiger partial charge in [-0.25, -0.2) is 10.2 Å². The zero-order valence-electron chi connectivity index (χ0n) is 13.3. The first-order valence-corrected chi connectivity index (χ1v) is 8.50. The van der Waals surface area contributed by atoms with Gasteiger partial charge in [-0.15, -0.1) is 0 Å². The summed E-state index contributed by atoms with van der Waals surface area (Å²) in [6, 6.07) is 15.7. The highest BCUT2D eigenvalue weighted by Crippen LogP contribution is 2.15. The van der Waals surface area contributed by atoms with Crippen LogP contribution in [0.15, 0.2) is 54.6 Å². The van der Waals surface area contributed by atoms with Crippen LogP contribution in [-0.2, 0) is 12.2 Å². The lowest BCUT2D eigenvalue weighted by Gasteiger charge is -2.23. The van der Waals surface area contributed by atoms with Crippen LogP contribution in [0.3, 0.4) is 0 Å². The van der Waals surface area contributed by atoms with E-state index in [1.54, 1.807) is 12.1 Å². The Bertz CT molecular complexity index is 689. The normalized spacial score (nSPS) is 12.2. The largest absolute Gasteiger partial charge is 0.478 e. The van der Waals surface area contributed by atoms with Crippen molar-refractivity contribution < 1.29 is 25.2 Å². The first kappa shape index (κ1) is 19.4. The van der Waals surface area contributed by atoms with Crippen LogP contribution in [0.2, 0.25) is 0 Å². The van der Waals surface area contributed by atoms with Crippen LogP contribution >= 0.6 is 11.9 Å². The van der Waals surface area contributed by atoms with Crippen molar-refractivity contribution in [2.75, 3.05) is 0 Å². The fraction of sp³-hybridized carbons (Fsp3) is 0.188. The van der Waals surface area contributed by atoms with Crippen LogP contribution in [0.5, 0.6) is 0 Å². The van der Waals surface area contributed by atoms with E-state index >= 15 is 0 Å². The molecule has 0 radical (unpaired) electrons. The Morgan fingerprint density at radius 3 is 2.44 bits per heavy atom. The van der Waals surface area contributed by atoms with Crippen molar-refractivity contribution in [2.24, 2.45) is 0 Å². The SMILES string of the molecule is O=C(O)c1cccc(CC(NN(O)SCc2ccccc2)B(O)O)c1. The number of carboxylic acid groups (broad SMARTS) is 1. The molecule has 0 saturated carbocycles. The van der Waals surface area contributed by atoms with Crippen molar-refractivity contribution in [3.63, 3.8) is 0 Å². The second-order valence-corrected chi connectivity index (χ2v) is 6.28. The van der Waals surface area contributed by atoms with Gasteiger partial charge in [-0.2, -0.15) is 0 Å². The van der Waals surface area contributed by atoms with Gasteiger partial charge in [0.2, 0.25) is 0 Å². The molecule has 0 spiro atoms. The number of carbonyl (C=O) groups is 1. The van der Waals surface area contributed by atoms with Crippen LogP contribution in [0, 0.1) is 0 Å². The Morgan fingerprint density at radius 1 is 1.12 bits per heavy atom. The molecule has 0 bridgehead atoms. The number of carboxylic acids is 1. The van der Waals surface area contributed by atoms with Crippen molar-refractivity contribution in [1.82, 2.24) is 10.0 Å². The van der Waals surface area contributed by atoms with E-state index in [1.165, 1.54) is 12.1 Å². The monoisotopic (exact) mass is 362 g/mol. The highest BCUT2D eigenvalue weighted by Gasteiger charge is 2.26. The minimum Gasteiger partial charge on any atom is -0.478 e. The van der Waals surface area contributed by atoms with Crippen molar-refractivity contribution in [3.05, 3.63) is 71.3 Å². The van der Waals surface area contributed by atoms with E-state index < -0.39 is 19.0 Å². The number of aromatic carboxylic acids is 1. The molecule has 25 heavy (non-hydrogen) atoms. The lowest BCUT2D eigenvalue weighted by Crippen LogP contribution is -2.50. The quantitative estimate of drug-likeness (QED) is 0.258. The third kappa shape index (κ3) is 6.50. The van der Waals surface area contributed by atoms with Gasteiger partial charge in [-0.3, -0.25) is 5.21 Å². The van der Waals surface area contributed by atoms with Crippen molar-refractivity contribution in [2.45, 2.75) is 18.1 Å². The Kier molecular flexibility index (Phi) is 7.44. The molecule has 2 aromatic carbocycles. The van der Waals surface area contributed by atoms with Gasteiger partial charge >= 0.3 is 13.1 Å². The number of rotatable bonds is 9. The second-order valence-electron chi connectivity index (χ2n) is 5.39. The summed E-state index contributed by atoms with van der Waals surface area (Å²) in [6.07, 6.45) is 0.127. The van der Waals surface area contributed by atoms with Gasteiger partial charge < -0.3 is 15.2 Å². The fourth-order valence-corrected chi connectivity index (χ4v) is 2.87. The maximum Gasteiger partial charge on any atom is 0.471 e. The average Bonchev–Trinajstić information content (AvgIpc) is 2.60. The van der Waals surface area contributed by atoms with Gasteiger partial charge in [-0.05, 0) is 41.6 Å². The van der Waals surface area contributed by atoms with Gasteiger partial charge in [0.25, 0.3) is 0 Å². The van der Waals surface area contributed by atoms with Crippen LogP contribution in [0.4, 0.5) is 0 Å². The molecule has 0 fully saturated rings. The van der Waals surface area contributed by atoms with Gasteiger partial charge in [0.15, 0.2) is 0 Å². The second kappa shape index (κ2) is 9.57. The van der Waals surface area contributed by atoms with E-state index in [9.17, 15) is 20.0 Å². The first-order chi connectivity index (χ1) is 12.0. The van der Waals surface area contributed by atoms with Gasteiger partial charge in [-0.1, -0.05) is 47.0 Å². The summed E-state index contributed by atoms with van der Waals surface area (Å²) in [5.74, 6) is -1.47. The van der Waals surface area contributed by atoms with E-state index in [0.29, 0.717) is 11.3 Å². The molecule has 7 nitrogen and oxygen atoms in total. The van der Waals surface area contributed by atoms with E-state index in [1.807, 2.05) is 30.3 Å². The van der Waals surface area contributed by atoms with Crippen LogP contribution in [0.1, 0.15) is 21.5 Å². The van der Waals surface area contributed by atoms with Crippen LogP contribution in [-0.4, -0.2) is 44.0 Å². The maximum absolute atomic E-state index is 11.0. The third-order valence-electron chi connectivity index (χ3n) is 3.46. The minimum atomic E-state index is -1.74. The molecule has 2 rings (SSSR count). The van der Waals surface area contributed by atoms with Gasteiger partial charge in [0, 0.05) is 5.75 Å². The Labute approximate surface area is 150 Å². The number of hydrogen-bond acceptors (Lipinski definition) is 7. The molecule has 0 aliphatic carbocycles. The molecule has 9 heteroatoms. The molecule has 0 aromatic heterocycles. The molecule has 5 N–H and O–H groups in total. The summed E-state index contributed by atoms with van der Waals surface area (Å²) in [6.45, 7) is 0. The van der Waals surface area contributed by atoms with Crippen LogP contribution in [0.25, 0.3) is 0 Å². The number of nitrogens with zero attached hydrogens (tertiary/aromatic N) is 1. The first-order valence-electron chi connectivity index (χ1n) is 7.56. The van der Waals surface area contributed by atoms with Crippen LogP contribution < -0.4 is 5.43 Å². The molecule has 0 saturated heterocycles. The number of benzene rings is 2. The Balaban J connectivity index is 1.93. The Morgan fingerprint density at radius 2 is 1.80 bits per heavy atom. The molecular weight excluding hydrogens is 343 g/mol.